The zero-order chi connectivity index (χ0) is 27.4. The number of nitrogens with one attached hydrogen (secondary N) is 2. The molecule has 4 aromatic rings. The van der Waals surface area contributed by atoms with Gasteiger partial charge in [0.05, 0.1) is 20.4 Å². The predicted molar refractivity (Wildman–Crippen MR) is 156 cm³/mol. The topological polar surface area (TPSA) is 143 Å². The van der Waals surface area contributed by atoms with Crippen LogP contribution in [-0.4, -0.2) is 59.2 Å². The van der Waals surface area contributed by atoms with Gasteiger partial charge in [0.1, 0.15) is 0 Å². The fourth-order valence-electron chi connectivity index (χ4n) is 4.43. The molecule has 202 valence electrons. The van der Waals surface area contributed by atoms with Crippen LogP contribution in [0.15, 0.2) is 59.8 Å². The Morgan fingerprint density at radius 2 is 1.77 bits per heavy atom. The van der Waals surface area contributed by atoms with E-state index in [2.05, 4.69) is 25.6 Å². The Morgan fingerprint density at radius 3 is 2.46 bits per heavy atom. The molecule has 5 rings (SSSR count). The number of nitrogen functional groups attached to an aromatic ring is 1. The minimum absolute atomic E-state index is 0.144. The lowest BCUT2D eigenvalue weighted by Gasteiger charge is -2.31. The van der Waals surface area contributed by atoms with Crippen LogP contribution in [0, 0.1) is 0 Å². The van der Waals surface area contributed by atoms with E-state index in [4.69, 9.17) is 5.73 Å². The van der Waals surface area contributed by atoms with Crippen LogP contribution in [0.3, 0.4) is 0 Å². The molecule has 1 fully saturated rings. The van der Waals surface area contributed by atoms with Gasteiger partial charge in [-0.15, -0.1) is 0 Å². The highest BCUT2D eigenvalue weighted by molar-refractivity contribution is 7.92. The first-order valence-corrected chi connectivity index (χ1v) is 15.0. The average Bonchev–Trinajstić information content (AvgIpc) is 3.32. The number of thiazole rings is 1. The van der Waals surface area contributed by atoms with Gasteiger partial charge >= 0.3 is 6.03 Å². The van der Waals surface area contributed by atoms with Gasteiger partial charge in [-0.25, -0.2) is 28.2 Å². The molecule has 0 saturated carbocycles. The smallest absolute Gasteiger partial charge is 0.317 e. The normalized spacial score (nSPS) is 14.6. The van der Waals surface area contributed by atoms with Gasteiger partial charge in [0.25, 0.3) is 0 Å². The summed E-state index contributed by atoms with van der Waals surface area (Å²) in [6.45, 7) is 3.26. The van der Waals surface area contributed by atoms with Gasteiger partial charge in [-0.05, 0) is 61.7 Å². The van der Waals surface area contributed by atoms with Crippen LogP contribution in [-0.2, 0) is 9.84 Å². The first-order valence-electron chi connectivity index (χ1n) is 12.6. The maximum atomic E-state index is 13.1. The number of carbonyl (C=O) groups excluding carboxylic acids is 1. The maximum absolute atomic E-state index is 13.1. The summed E-state index contributed by atoms with van der Waals surface area (Å²) in [6.07, 6.45) is 8.16. The Balaban J connectivity index is 1.18. The van der Waals surface area contributed by atoms with Crippen molar-refractivity contribution < 1.29 is 13.2 Å². The molecule has 0 spiro atoms. The third-order valence-corrected chi connectivity index (χ3v) is 9.63. The van der Waals surface area contributed by atoms with E-state index in [1.165, 1.54) is 11.3 Å². The molecule has 2 amide bonds. The molecular weight excluding hydrogens is 534 g/mol. The number of rotatable bonds is 7. The van der Waals surface area contributed by atoms with E-state index < -0.39 is 15.1 Å². The Morgan fingerprint density at radius 1 is 1.08 bits per heavy atom. The molecule has 3 heterocycles. The second-order valence-electron chi connectivity index (χ2n) is 9.17. The van der Waals surface area contributed by atoms with E-state index in [0.717, 1.165) is 21.3 Å². The minimum atomic E-state index is -3.49. The third kappa shape index (κ3) is 6.18. The standard InChI is InChI=1S/C27H29N7O3S2/c1-2-29-27(35)34-13-11-22(12-14-34)39(36,37)21-8-6-20(7-9-21)32-26-30-16-19(17-31-26)4-3-18-5-10-23-24(15-18)38-25(28)33-23/h3-10,15-17,22H,2,11-14H2,1H3,(H2,28,33)(H,29,35)(H,30,31,32)/b4-3+. The zero-order valence-corrected chi connectivity index (χ0v) is 23.0. The fourth-order valence-corrected chi connectivity index (χ4v) is 6.94. The monoisotopic (exact) mass is 563 g/mol. The van der Waals surface area contributed by atoms with Gasteiger partial charge in [-0.2, -0.15) is 0 Å². The third-order valence-electron chi connectivity index (χ3n) is 6.50. The molecule has 2 aromatic carbocycles. The molecule has 1 aliphatic heterocycles. The van der Waals surface area contributed by atoms with Gasteiger partial charge in [0.15, 0.2) is 15.0 Å². The molecule has 0 radical (unpaired) electrons. The minimum Gasteiger partial charge on any atom is -0.375 e. The number of urea groups is 1. The SMILES string of the molecule is CCNC(=O)N1CCC(S(=O)(=O)c2ccc(Nc3ncc(/C=C/c4ccc5nc(N)sc5c4)cn3)cc2)CC1. The average molecular weight is 564 g/mol. The summed E-state index contributed by atoms with van der Waals surface area (Å²) in [7, 11) is -3.49. The number of piperidine rings is 1. The second-order valence-corrected chi connectivity index (χ2v) is 12.5. The highest BCUT2D eigenvalue weighted by Gasteiger charge is 2.32. The summed E-state index contributed by atoms with van der Waals surface area (Å²) in [4.78, 5) is 26.9. The van der Waals surface area contributed by atoms with Crippen molar-refractivity contribution in [2.75, 3.05) is 30.7 Å². The number of fused-ring (bicyclic) bond motifs is 1. The summed E-state index contributed by atoms with van der Waals surface area (Å²) in [5.41, 5.74) is 9.21. The van der Waals surface area contributed by atoms with Crippen molar-refractivity contribution in [2.45, 2.75) is 29.9 Å². The summed E-state index contributed by atoms with van der Waals surface area (Å²) in [5, 5.41) is 5.91. The van der Waals surface area contributed by atoms with E-state index >= 15 is 0 Å². The number of aromatic nitrogens is 3. The molecule has 4 N–H and O–H groups in total. The van der Waals surface area contributed by atoms with Crippen LogP contribution in [0.1, 0.15) is 30.9 Å². The first-order chi connectivity index (χ1) is 18.8. The number of anilines is 3. The number of amides is 2. The number of likely N-dealkylation sites (tertiary alicyclic amines) is 1. The lowest BCUT2D eigenvalue weighted by atomic mass is 10.1. The van der Waals surface area contributed by atoms with Crippen molar-refractivity contribution in [3.63, 3.8) is 0 Å². The number of hydrogen-bond donors (Lipinski definition) is 3. The van der Waals surface area contributed by atoms with Crippen molar-refractivity contribution in [3.05, 3.63) is 66.0 Å². The van der Waals surface area contributed by atoms with Crippen LogP contribution in [0.5, 0.6) is 0 Å². The van der Waals surface area contributed by atoms with Crippen molar-refractivity contribution in [1.82, 2.24) is 25.2 Å². The molecule has 12 heteroatoms. The van der Waals surface area contributed by atoms with Crippen LogP contribution in [0.4, 0.5) is 21.6 Å². The van der Waals surface area contributed by atoms with Crippen molar-refractivity contribution in [3.8, 4) is 0 Å². The Labute approximate surface area is 230 Å². The molecule has 1 aliphatic rings. The number of carbonyl (C=O) groups is 1. The van der Waals surface area contributed by atoms with E-state index in [9.17, 15) is 13.2 Å². The molecule has 0 atom stereocenters. The lowest BCUT2D eigenvalue weighted by molar-refractivity contribution is 0.187. The summed E-state index contributed by atoms with van der Waals surface area (Å²) >= 11 is 1.45. The van der Waals surface area contributed by atoms with E-state index in [0.29, 0.717) is 49.2 Å². The largest absolute Gasteiger partial charge is 0.375 e. The number of nitrogens with two attached hydrogens (primary N) is 1. The van der Waals surface area contributed by atoms with Crippen LogP contribution >= 0.6 is 11.3 Å². The molecule has 0 unspecified atom stereocenters. The van der Waals surface area contributed by atoms with Crippen LogP contribution < -0.4 is 16.4 Å². The molecular formula is C27H29N7O3S2. The lowest BCUT2D eigenvalue weighted by Crippen LogP contribution is -2.46. The number of nitrogens with zero attached hydrogens (tertiary/aromatic N) is 4. The number of benzene rings is 2. The summed E-state index contributed by atoms with van der Waals surface area (Å²) < 4.78 is 27.3. The summed E-state index contributed by atoms with van der Waals surface area (Å²) in [6, 6.07) is 12.4. The highest BCUT2D eigenvalue weighted by Crippen LogP contribution is 2.27. The van der Waals surface area contributed by atoms with Crippen molar-refractivity contribution >= 4 is 66.3 Å². The quantitative estimate of drug-likeness (QED) is 0.297. The molecule has 0 bridgehead atoms. The van der Waals surface area contributed by atoms with E-state index in [1.807, 2.05) is 37.3 Å². The van der Waals surface area contributed by atoms with Crippen molar-refractivity contribution in [1.29, 1.82) is 0 Å². The number of hydrogen-bond acceptors (Lipinski definition) is 9. The Kier molecular flexibility index (Phi) is 7.75. The van der Waals surface area contributed by atoms with Gasteiger partial charge < -0.3 is 21.3 Å². The van der Waals surface area contributed by atoms with E-state index in [1.54, 1.807) is 41.6 Å². The molecule has 10 nitrogen and oxygen atoms in total. The summed E-state index contributed by atoms with van der Waals surface area (Å²) in [5.74, 6) is 0.405. The molecule has 39 heavy (non-hydrogen) atoms. The van der Waals surface area contributed by atoms with Gasteiger partial charge in [0, 0.05) is 43.3 Å². The second kappa shape index (κ2) is 11.4. The van der Waals surface area contributed by atoms with Crippen molar-refractivity contribution in [2.24, 2.45) is 0 Å². The van der Waals surface area contributed by atoms with E-state index in [-0.39, 0.29) is 10.9 Å². The fraction of sp³-hybridized carbons (Fsp3) is 0.259. The number of sulfone groups is 1. The van der Waals surface area contributed by atoms with Gasteiger partial charge in [-0.3, -0.25) is 0 Å². The maximum Gasteiger partial charge on any atom is 0.317 e. The highest BCUT2D eigenvalue weighted by atomic mass is 32.2. The predicted octanol–water partition coefficient (Wildman–Crippen LogP) is 4.55. The first kappa shape index (κ1) is 26.6. The zero-order valence-electron chi connectivity index (χ0n) is 21.4. The van der Waals surface area contributed by atoms with Gasteiger partial charge in [0.2, 0.25) is 5.95 Å². The van der Waals surface area contributed by atoms with Gasteiger partial charge in [-0.1, -0.05) is 29.6 Å². The van der Waals surface area contributed by atoms with Crippen LogP contribution in [0.2, 0.25) is 0 Å². The molecule has 1 saturated heterocycles. The molecule has 2 aromatic heterocycles. The Bertz CT molecular complexity index is 1590. The Hall–Kier alpha value is -4.03. The van der Waals surface area contributed by atoms with Crippen LogP contribution in [0.25, 0.3) is 22.4 Å². The molecule has 0 aliphatic carbocycles.